The molecule has 1 atom stereocenters. The van der Waals surface area contributed by atoms with Gasteiger partial charge in [-0.1, -0.05) is 45.0 Å². The number of aliphatic hydroxyl groups excluding tert-OH is 1. The number of hydrogen-bond acceptors (Lipinski definition) is 3. The molecule has 0 amide bonds. The highest BCUT2D eigenvalue weighted by atomic mass is 16.5. The Balaban J connectivity index is 2.42. The van der Waals surface area contributed by atoms with Gasteiger partial charge < -0.3 is 14.6 Å². The van der Waals surface area contributed by atoms with E-state index in [9.17, 15) is 5.11 Å². The lowest BCUT2D eigenvalue weighted by Gasteiger charge is -2.20. The van der Waals surface area contributed by atoms with Gasteiger partial charge in [0.15, 0.2) is 0 Å². The van der Waals surface area contributed by atoms with E-state index in [0.29, 0.717) is 26.4 Å². The first-order valence-corrected chi connectivity index (χ1v) is 6.89. The smallest absolute Gasteiger partial charge is 0.102 e. The third-order valence-corrected chi connectivity index (χ3v) is 3.01. The molecule has 108 valence electrons. The first-order valence-electron chi connectivity index (χ1n) is 6.89. The number of hydrogen-bond donors (Lipinski definition) is 1. The number of aliphatic hydroxyl groups is 1. The highest BCUT2D eigenvalue weighted by Crippen LogP contribution is 2.24. The van der Waals surface area contributed by atoms with E-state index in [1.807, 2.05) is 19.1 Å². The third kappa shape index (κ3) is 5.72. The SMILES string of the molecule is CCOCCOCC(O)c1ccc(C(C)(C)C)cc1. The molecule has 0 saturated heterocycles. The first kappa shape index (κ1) is 16.2. The van der Waals surface area contributed by atoms with Gasteiger partial charge in [-0.15, -0.1) is 0 Å². The maximum absolute atomic E-state index is 10.0. The predicted molar refractivity (Wildman–Crippen MR) is 77.4 cm³/mol. The van der Waals surface area contributed by atoms with Crippen LogP contribution in [0.4, 0.5) is 0 Å². The molecule has 0 aliphatic rings. The molecule has 3 nitrogen and oxygen atoms in total. The zero-order valence-corrected chi connectivity index (χ0v) is 12.5. The Morgan fingerprint density at radius 3 is 2.16 bits per heavy atom. The van der Waals surface area contributed by atoms with Crippen LogP contribution in [0.15, 0.2) is 24.3 Å². The molecular weight excluding hydrogens is 240 g/mol. The lowest BCUT2D eigenvalue weighted by atomic mass is 9.86. The number of rotatable bonds is 7. The Morgan fingerprint density at radius 1 is 1.05 bits per heavy atom. The van der Waals surface area contributed by atoms with E-state index in [1.54, 1.807) is 0 Å². The van der Waals surface area contributed by atoms with Crippen LogP contribution in [0.5, 0.6) is 0 Å². The Morgan fingerprint density at radius 2 is 1.63 bits per heavy atom. The van der Waals surface area contributed by atoms with Gasteiger partial charge in [0.2, 0.25) is 0 Å². The van der Waals surface area contributed by atoms with Crippen LogP contribution < -0.4 is 0 Å². The fourth-order valence-electron chi connectivity index (χ4n) is 1.76. The van der Waals surface area contributed by atoms with Gasteiger partial charge in [0.25, 0.3) is 0 Å². The van der Waals surface area contributed by atoms with Crippen molar-refractivity contribution in [2.45, 2.75) is 39.2 Å². The molecule has 0 fully saturated rings. The maximum Gasteiger partial charge on any atom is 0.102 e. The minimum absolute atomic E-state index is 0.136. The first-order chi connectivity index (χ1) is 8.95. The van der Waals surface area contributed by atoms with Gasteiger partial charge in [-0.2, -0.15) is 0 Å². The summed E-state index contributed by atoms with van der Waals surface area (Å²) in [5, 5.41) is 10.0. The normalized spacial score (nSPS) is 13.5. The fraction of sp³-hybridized carbons (Fsp3) is 0.625. The second kappa shape index (κ2) is 7.63. The summed E-state index contributed by atoms with van der Waals surface area (Å²) in [6.45, 7) is 10.6. The molecule has 1 rings (SSSR count). The van der Waals surface area contributed by atoms with Gasteiger partial charge in [0.1, 0.15) is 6.10 Å². The zero-order valence-electron chi connectivity index (χ0n) is 12.5. The Labute approximate surface area is 116 Å². The van der Waals surface area contributed by atoms with Crippen LogP contribution in [0.1, 0.15) is 44.9 Å². The molecule has 0 aliphatic carbocycles. The van der Waals surface area contributed by atoms with Crippen LogP contribution in [-0.2, 0) is 14.9 Å². The monoisotopic (exact) mass is 266 g/mol. The standard InChI is InChI=1S/C16H26O3/c1-5-18-10-11-19-12-15(17)13-6-8-14(9-7-13)16(2,3)4/h6-9,15,17H,5,10-12H2,1-4H3. The molecule has 0 spiro atoms. The van der Waals surface area contributed by atoms with Crippen molar-refractivity contribution in [3.05, 3.63) is 35.4 Å². The summed E-state index contributed by atoms with van der Waals surface area (Å²) >= 11 is 0. The molecular formula is C16H26O3. The molecule has 1 unspecified atom stereocenters. The summed E-state index contributed by atoms with van der Waals surface area (Å²) in [4.78, 5) is 0. The maximum atomic E-state index is 10.0. The zero-order chi connectivity index (χ0) is 14.3. The largest absolute Gasteiger partial charge is 0.386 e. The van der Waals surface area contributed by atoms with Crippen molar-refractivity contribution in [2.75, 3.05) is 26.4 Å². The van der Waals surface area contributed by atoms with Crippen molar-refractivity contribution < 1.29 is 14.6 Å². The van der Waals surface area contributed by atoms with E-state index in [1.165, 1.54) is 5.56 Å². The topological polar surface area (TPSA) is 38.7 Å². The quantitative estimate of drug-likeness (QED) is 0.771. The van der Waals surface area contributed by atoms with Gasteiger partial charge in [-0.3, -0.25) is 0 Å². The lowest BCUT2D eigenvalue weighted by Crippen LogP contribution is -2.13. The average molecular weight is 266 g/mol. The van der Waals surface area contributed by atoms with Crippen LogP contribution in [-0.4, -0.2) is 31.5 Å². The van der Waals surface area contributed by atoms with E-state index < -0.39 is 6.10 Å². The summed E-state index contributed by atoms with van der Waals surface area (Å²) < 4.78 is 10.5. The van der Waals surface area contributed by atoms with Gasteiger partial charge in [0, 0.05) is 6.61 Å². The molecule has 1 N–H and O–H groups in total. The minimum atomic E-state index is -0.573. The van der Waals surface area contributed by atoms with Crippen LogP contribution in [0.2, 0.25) is 0 Å². The summed E-state index contributed by atoms with van der Waals surface area (Å²) in [6, 6.07) is 8.08. The van der Waals surface area contributed by atoms with Gasteiger partial charge in [0.05, 0.1) is 19.8 Å². The Bertz CT molecular complexity index is 351. The molecule has 1 aromatic rings. The van der Waals surface area contributed by atoms with Gasteiger partial charge in [-0.25, -0.2) is 0 Å². The van der Waals surface area contributed by atoms with Crippen molar-refractivity contribution >= 4 is 0 Å². The summed E-state index contributed by atoms with van der Waals surface area (Å²) in [5.74, 6) is 0. The molecule has 0 bridgehead atoms. The van der Waals surface area contributed by atoms with E-state index in [-0.39, 0.29) is 5.41 Å². The molecule has 3 heteroatoms. The van der Waals surface area contributed by atoms with Crippen molar-refractivity contribution in [3.63, 3.8) is 0 Å². The van der Waals surface area contributed by atoms with Crippen LogP contribution in [0.3, 0.4) is 0 Å². The summed E-state index contributed by atoms with van der Waals surface area (Å²) in [5.41, 5.74) is 2.29. The van der Waals surface area contributed by atoms with Crippen LogP contribution >= 0.6 is 0 Å². The van der Waals surface area contributed by atoms with E-state index in [0.717, 1.165) is 5.56 Å². The summed E-state index contributed by atoms with van der Waals surface area (Å²) in [6.07, 6.45) is -0.573. The molecule has 0 heterocycles. The number of benzene rings is 1. The molecule has 1 aromatic carbocycles. The molecule has 0 saturated carbocycles. The predicted octanol–water partition coefficient (Wildman–Crippen LogP) is 3.07. The van der Waals surface area contributed by atoms with Crippen molar-refractivity contribution in [2.24, 2.45) is 0 Å². The van der Waals surface area contributed by atoms with Crippen LogP contribution in [0, 0.1) is 0 Å². The minimum Gasteiger partial charge on any atom is -0.386 e. The van der Waals surface area contributed by atoms with Gasteiger partial charge in [-0.05, 0) is 23.5 Å². The Hall–Kier alpha value is -0.900. The van der Waals surface area contributed by atoms with Crippen molar-refractivity contribution in [1.82, 2.24) is 0 Å². The van der Waals surface area contributed by atoms with E-state index >= 15 is 0 Å². The fourth-order valence-corrected chi connectivity index (χ4v) is 1.76. The molecule has 0 radical (unpaired) electrons. The number of ether oxygens (including phenoxy) is 2. The van der Waals surface area contributed by atoms with E-state index in [4.69, 9.17) is 9.47 Å². The average Bonchev–Trinajstić information content (AvgIpc) is 2.37. The highest BCUT2D eigenvalue weighted by Gasteiger charge is 2.14. The Kier molecular flexibility index (Phi) is 6.49. The second-order valence-corrected chi connectivity index (χ2v) is 5.66. The third-order valence-electron chi connectivity index (χ3n) is 3.01. The molecule has 0 aliphatic heterocycles. The van der Waals surface area contributed by atoms with Crippen molar-refractivity contribution in [1.29, 1.82) is 0 Å². The molecule has 19 heavy (non-hydrogen) atoms. The van der Waals surface area contributed by atoms with Crippen molar-refractivity contribution in [3.8, 4) is 0 Å². The van der Waals surface area contributed by atoms with Gasteiger partial charge >= 0.3 is 0 Å². The van der Waals surface area contributed by atoms with E-state index in [2.05, 4.69) is 32.9 Å². The molecule has 0 aromatic heterocycles. The summed E-state index contributed by atoms with van der Waals surface area (Å²) in [7, 11) is 0. The lowest BCUT2D eigenvalue weighted by molar-refractivity contribution is 0.00530. The highest BCUT2D eigenvalue weighted by molar-refractivity contribution is 5.28. The van der Waals surface area contributed by atoms with Crippen LogP contribution in [0.25, 0.3) is 0 Å². The second-order valence-electron chi connectivity index (χ2n) is 5.66.